The molecule has 0 aromatic heterocycles. The fourth-order valence-electron chi connectivity index (χ4n) is 1.97. The topological polar surface area (TPSA) is 78.5 Å². The van der Waals surface area contributed by atoms with Crippen LogP contribution in [0.15, 0.2) is 0 Å². The van der Waals surface area contributed by atoms with E-state index in [0.717, 1.165) is 6.26 Å². The van der Waals surface area contributed by atoms with Crippen molar-refractivity contribution >= 4 is 15.9 Å². The molecular formula is C10H18F3N3O3S. The van der Waals surface area contributed by atoms with Crippen molar-refractivity contribution in [3.63, 3.8) is 0 Å². The molecule has 0 aromatic rings. The van der Waals surface area contributed by atoms with Crippen LogP contribution in [0.1, 0.15) is 12.8 Å². The lowest BCUT2D eigenvalue weighted by Gasteiger charge is -2.31. The zero-order valence-corrected chi connectivity index (χ0v) is 11.9. The average Bonchev–Trinajstić information content (AvgIpc) is 2.26. The molecule has 1 aliphatic heterocycles. The van der Waals surface area contributed by atoms with Crippen LogP contribution in [0, 0.1) is 0 Å². The van der Waals surface area contributed by atoms with E-state index in [1.165, 1.54) is 0 Å². The summed E-state index contributed by atoms with van der Waals surface area (Å²) in [6.45, 7) is -0.515. The van der Waals surface area contributed by atoms with Crippen LogP contribution >= 0.6 is 0 Å². The van der Waals surface area contributed by atoms with Gasteiger partial charge in [-0.05, 0) is 12.8 Å². The summed E-state index contributed by atoms with van der Waals surface area (Å²) in [6.07, 6.45) is -2.29. The average molecular weight is 317 g/mol. The molecule has 0 unspecified atom stereocenters. The van der Waals surface area contributed by atoms with Gasteiger partial charge in [-0.2, -0.15) is 13.2 Å². The molecule has 2 N–H and O–H groups in total. The molecule has 0 bridgehead atoms. The van der Waals surface area contributed by atoms with Gasteiger partial charge in [-0.1, -0.05) is 0 Å². The molecule has 1 saturated heterocycles. The Balaban J connectivity index is 2.27. The monoisotopic (exact) mass is 317 g/mol. The van der Waals surface area contributed by atoms with Gasteiger partial charge in [0.05, 0.1) is 12.8 Å². The van der Waals surface area contributed by atoms with Gasteiger partial charge in [0.1, 0.15) is 6.54 Å². The molecule has 0 spiro atoms. The van der Waals surface area contributed by atoms with E-state index < -0.39 is 28.7 Å². The fraction of sp³-hybridized carbons (Fsp3) is 0.900. The Morgan fingerprint density at radius 2 is 1.85 bits per heavy atom. The molecule has 0 radical (unpaired) electrons. The highest BCUT2D eigenvalue weighted by Crippen LogP contribution is 2.13. The van der Waals surface area contributed by atoms with E-state index in [4.69, 9.17) is 0 Å². The molecule has 1 fully saturated rings. The summed E-state index contributed by atoms with van der Waals surface area (Å²) in [7, 11) is -3.26. The first kappa shape index (κ1) is 17.2. The normalized spacial score (nSPS) is 19.0. The number of nitrogens with one attached hydrogen (secondary N) is 2. The first-order chi connectivity index (χ1) is 9.05. The smallest absolute Gasteiger partial charge is 0.346 e. The van der Waals surface area contributed by atoms with Crippen LogP contribution in [0.3, 0.4) is 0 Å². The summed E-state index contributed by atoms with van der Waals surface area (Å²) in [5.74, 6) is -0.683. The minimum Gasteiger partial charge on any atom is -0.346 e. The Labute approximate surface area is 115 Å². The second kappa shape index (κ2) is 6.72. The highest BCUT2D eigenvalue weighted by atomic mass is 32.2. The van der Waals surface area contributed by atoms with Crippen molar-refractivity contribution in [3.05, 3.63) is 0 Å². The van der Waals surface area contributed by atoms with E-state index in [9.17, 15) is 26.4 Å². The van der Waals surface area contributed by atoms with Crippen LogP contribution in [-0.4, -0.2) is 63.9 Å². The molecule has 10 heteroatoms. The quantitative estimate of drug-likeness (QED) is 0.728. The summed E-state index contributed by atoms with van der Waals surface area (Å²) in [4.78, 5) is 13.0. The van der Waals surface area contributed by atoms with Crippen LogP contribution in [0.5, 0.6) is 0 Å². The largest absolute Gasteiger partial charge is 0.405 e. The van der Waals surface area contributed by atoms with Gasteiger partial charge < -0.3 is 5.32 Å². The highest BCUT2D eigenvalue weighted by Gasteiger charge is 2.28. The lowest BCUT2D eigenvalue weighted by molar-refractivity contribution is -0.139. The minimum absolute atomic E-state index is 0.109. The molecule has 6 nitrogen and oxygen atoms in total. The molecule has 1 rings (SSSR count). The number of piperidine rings is 1. The summed E-state index contributed by atoms with van der Waals surface area (Å²) in [5.41, 5.74) is 0. The van der Waals surface area contributed by atoms with Gasteiger partial charge in [-0.3, -0.25) is 9.69 Å². The van der Waals surface area contributed by atoms with Crippen LogP contribution in [0.25, 0.3) is 0 Å². The predicted octanol–water partition coefficient (Wildman–Crippen LogP) is -0.321. The number of carbonyl (C=O) groups excluding carboxylic acids is 1. The van der Waals surface area contributed by atoms with Gasteiger partial charge in [0.2, 0.25) is 15.9 Å². The van der Waals surface area contributed by atoms with E-state index in [0.29, 0.717) is 25.9 Å². The van der Waals surface area contributed by atoms with Crippen LogP contribution in [0.4, 0.5) is 13.2 Å². The number of hydrogen-bond acceptors (Lipinski definition) is 4. The first-order valence-corrected chi connectivity index (χ1v) is 7.97. The lowest BCUT2D eigenvalue weighted by Crippen LogP contribution is -2.48. The Morgan fingerprint density at radius 3 is 2.30 bits per heavy atom. The molecule has 118 valence electrons. The Bertz CT molecular complexity index is 431. The number of likely N-dealkylation sites (tertiary alicyclic amines) is 1. The van der Waals surface area contributed by atoms with Gasteiger partial charge in [-0.15, -0.1) is 0 Å². The number of hydrogen-bond donors (Lipinski definition) is 2. The maximum atomic E-state index is 11.9. The number of carbonyl (C=O) groups is 1. The fourth-order valence-corrected chi connectivity index (χ4v) is 2.81. The summed E-state index contributed by atoms with van der Waals surface area (Å²) >= 11 is 0. The van der Waals surface area contributed by atoms with Crippen LogP contribution < -0.4 is 10.0 Å². The van der Waals surface area contributed by atoms with Crippen molar-refractivity contribution in [2.24, 2.45) is 0 Å². The number of alkyl halides is 3. The van der Waals surface area contributed by atoms with E-state index in [1.54, 1.807) is 10.2 Å². The first-order valence-electron chi connectivity index (χ1n) is 6.08. The zero-order chi connectivity index (χ0) is 15.4. The van der Waals surface area contributed by atoms with Gasteiger partial charge in [0.25, 0.3) is 0 Å². The molecule has 0 aromatic carbocycles. The SMILES string of the molecule is CS(=O)(=O)NC1CCN(CC(=O)NCC(F)(F)F)CC1. The molecule has 20 heavy (non-hydrogen) atoms. The van der Waals surface area contributed by atoms with Gasteiger partial charge in [0, 0.05) is 19.1 Å². The number of sulfonamides is 1. The number of rotatable bonds is 5. The van der Waals surface area contributed by atoms with Gasteiger partial charge in [0.15, 0.2) is 0 Å². The van der Waals surface area contributed by atoms with Gasteiger partial charge in [-0.25, -0.2) is 13.1 Å². The van der Waals surface area contributed by atoms with Crippen molar-refractivity contribution in [1.82, 2.24) is 14.9 Å². The third-order valence-electron chi connectivity index (χ3n) is 2.82. The van der Waals surface area contributed by atoms with E-state index in [2.05, 4.69) is 4.72 Å². The second-order valence-corrected chi connectivity index (χ2v) is 6.61. The third-order valence-corrected chi connectivity index (χ3v) is 3.58. The summed E-state index contributed by atoms with van der Waals surface area (Å²) in [6, 6.07) is -0.181. The molecule has 0 saturated carbocycles. The molecule has 0 atom stereocenters. The standard InChI is InChI=1S/C10H18F3N3O3S/c1-20(18,19)15-8-2-4-16(5-3-8)6-9(17)14-7-10(11,12)13/h8,15H,2-7H2,1H3,(H,14,17). The van der Waals surface area contributed by atoms with E-state index in [-0.39, 0.29) is 12.6 Å². The van der Waals surface area contributed by atoms with Crippen LogP contribution in [-0.2, 0) is 14.8 Å². The second-order valence-electron chi connectivity index (χ2n) is 4.83. The van der Waals surface area contributed by atoms with E-state index >= 15 is 0 Å². The van der Waals surface area contributed by atoms with Crippen molar-refractivity contribution < 1.29 is 26.4 Å². The molecule has 1 amide bonds. The Kier molecular flexibility index (Phi) is 5.78. The maximum Gasteiger partial charge on any atom is 0.405 e. The molecule has 1 aliphatic rings. The van der Waals surface area contributed by atoms with Gasteiger partial charge >= 0.3 is 6.18 Å². The highest BCUT2D eigenvalue weighted by molar-refractivity contribution is 7.88. The number of halogens is 3. The lowest BCUT2D eigenvalue weighted by atomic mass is 10.1. The van der Waals surface area contributed by atoms with Crippen molar-refractivity contribution in [2.75, 3.05) is 32.4 Å². The van der Waals surface area contributed by atoms with Crippen molar-refractivity contribution in [1.29, 1.82) is 0 Å². The Morgan fingerprint density at radius 1 is 1.30 bits per heavy atom. The van der Waals surface area contributed by atoms with Crippen molar-refractivity contribution in [2.45, 2.75) is 25.1 Å². The summed E-state index contributed by atoms with van der Waals surface area (Å²) in [5, 5.41) is 1.80. The number of amides is 1. The summed E-state index contributed by atoms with van der Waals surface area (Å²) < 4.78 is 60.3. The predicted molar refractivity (Wildman–Crippen MR) is 66.5 cm³/mol. The molecule has 0 aliphatic carbocycles. The maximum absolute atomic E-state index is 11.9. The molecular weight excluding hydrogens is 299 g/mol. The zero-order valence-electron chi connectivity index (χ0n) is 11.0. The number of nitrogens with zero attached hydrogens (tertiary/aromatic N) is 1. The third kappa shape index (κ3) is 7.65. The van der Waals surface area contributed by atoms with Crippen molar-refractivity contribution in [3.8, 4) is 0 Å². The Hall–Kier alpha value is -0.870. The molecule has 1 heterocycles. The van der Waals surface area contributed by atoms with E-state index in [1.807, 2.05) is 0 Å². The van der Waals surface area contributed by atoms with Crippen LogP contribution in [0.2, 0.25) is 0 Å². The minimum atomic E-state index is -4.41.